The Morgan fingerprint density at radius 3 is 2.62 bits per heavy atom. The van der Waals surface area contributed by atoms with Gasteiger partial charge in [-0.05, 0) is 67.7 Å². The normalized spacial score (nSPS) is 17.4. The van der Waals surface area contributed by atoms with E-state index in [-0.39, 0.29) is 5.91 Å². The van der Waals surface area contributed by atoms with Gasteiger partial charge in [-0.25, -0.2) is 0 Å². The number of benzene rings is 2. The van der Waals surface area contributed by atoms with E-state index in [0.29, 0.717) is 48.0 Å². The Hall–Kier alpha value is -2.54. The molecule has 1 heterocycles. The number of nitrogens with one attached hydrogen (secondary N) is 1. The lowest BCUT2D eigenvalue weighted by Crippen LogP contribution is -2.52. The molecule has 2 fully saturated rings. The standard InChI is InChI=1S/C26H30Cl2N4O2/c1-2-3-25(30-29-15-21-14-23(28)10-11-24(21)34-18-20-4-5-20)32-13-12-31(17-26(32)33)16-19-6-8-22(27)9-7-19/h2-3,6-11,14,20,29H,4-5,12-13,15-18H2,1H3/b3-2+,30-25+. The van der Waals surface area contributed by atoms with Gasteiger partial charge in [0, 0.05) is 35.2 Å². The number of carbonyl (C=O) groups is 1. The van der Waals surface area contributed by atoms with Crippen LogP contribution in [0.2, 0.25) is 10.0 Å². The Labute approximate surface area is 211 Å². The van der Waals surface area contributed by atoms with Crippen molar-refractivity contribution in [3.05, 3.63) is 75.8 Å². The molecule has 1 amide bonds. The summed E-state index contributed by atoms with van der Waals surface area (Å²) < 4.78 is 5.98. The van der Waals surface area contributed by atoms with E-state index in [4.69, 9.17) is 27.9 Å². The summed E-state index contributed by atoms with van der Waals surface area (Å²) in [5.41, 5.74) is 5.19. The summed E-state index contributed by atoms with van der Waals surface area (Å²) in [7, 11) is 0. The molecule has 6 nitrogen and oxygen atoms in total. The topological polar surface area (TPSA) is 57.2 Å². The third-order valence-corrected chi connectivity index (χ3v) is 6.36. The maximum Gasteiger partial charge on any atom is 0.242 e. The number of nitrogens with zero attached hydrogens (tertiary/aromatic N) is 3. The maximum atomic E-state index is 12.9. The quantitative estimate of drug-likeness (QED) is 0.295. The second-order valence-corrected chi connectivity index (χ2v) is 9.57. The Bertz CT molecular complexity index is 1050. The molecule has 1 N–H and O–H groups in total. The molecule has 0 unspecified atom stereocenters. The predicted octanol–water partition coefficient (Wildman–Crippen LogP) is 5.11. The average Bonchev–Trinajstić information content (AvgIpc) is 3.64. The van der Waals surface area contributed by atoms with Crippen molar-refractivity contribution >= 4 is 34.9 Å². The Kier molecular flexibility index (Phi) is 8.48. The molecule has 180 valence electrons. The van der Waals surface area contributed by atoms with Crippen molar-refractivity contribution in [1.29, 1.82) is 0 Å². The van der Waals surface area contributed by atoms with Crippen molar-refractivity contribution in [2.24, 2.45) is 11.0 Å². The number of halogens is 2. The van der Waals surface area contributed by atoms with Crippen LogP contribution in [0.4, 0.5) is 0 Å². The van der Waals surface area contributed by atoms with E-state index in [9.17, 15) is 4.79 Å². The van der Waals surface area contributed by atoms with Crippen LogP contribution < -0.4 is 10.2 Å². The first-order chi connectivity index (χ1) is 16.5. The summed E-state index contributed by atoms with van der Waals surface area (Å²) in [4.78, 5) is 16.8. The number of piperazine rings is 1. The van der Waals surface area contributed by atoms with Crippen molar-refractivity contribution in [1.82, 2.24) is 15.2 Å². The monoisotopic (exact) mass is 500 g/mol. The lowest BCUT2D eigenvalue weighted by Gasteiger charge is -2.34. The molecule has 1 saturated heterocycles. The van der Waals surface area contributed by atoms with Crippen LogP contribution in [-0.2, 0) is 17.9 Å². The molecule has 0 radical (unpaired) electrons. The van der Waals surface area contributed by atoms with E-state index in [1.54, 1.807) is 4.90 Å². The molecule has 1 saturated carbocycles. The first-order valence-electron chi connectivity index (χ1n) is 11.6. The van der Waals surface area contributed by atoms with Gasteiger partial charge in [0.15, 0.2) is 5.84 Å². The van der Waals surface area contributed by atoms with Gasteiger partial charge in [-0.15, -0.1) is 0 Å². The second-order valence-electron chi connectivity index (χ2n) is 8.69. The van der Waals surface area contributed by atoms with E-state index in [2.05, 4.69) is 15.4 Å². The molecule has 8 heteroatoms. The zero-order valence-electron chi connectivity index (χ0n) is 19.3. The lowest BCUT2D eigenvalue weighted by molar-refractivity contribution is -0.131. The van der Waals surface area contributed by atoms with Gasteiger partial charge in [0.05, 0.1) is 19.7 Å². The van der Waals surface area contributed by atoms with Gasteiger partial charge in [-0.1, -0.05) is 41.4 Å². The average molecular weight is 501 g/mol. The molecule has 0 atom stereocenters. The minimum Gasteiger partial charge on any atom is -0.493 e. The third kappa shape index (κ3) is 6.98. The van der Waals surface area contributed by atoms with E-state index >= 15 is 0 Å². The number of allylic oxidation sites excluding steroid dienone is 1. The molecule has 2 aromatic carbocycles. The number of ether oxygens (including phenoxy) is 1. The molecule has 1 aliphatic carbocycles. The minimum atomic E-state index is 0.0232. The number of hydrazone groups is 1. The molecular formula is C26H30Cl2N4O2. The van der Waals surface area contributed by atoms with Gasteiger partial charge in [0.25, 0.3) is 0 Å². The fraction of sp³-hybridized carbons (Fsp3) is 0.385. The maximum absolute atomic E-state index is 12.9. The number of amides is 1. The highest BCUT2D eigenvalue weighted by atomic mass is 35.5. The number of hydrogen-bond donors (Lipinski definition) is 1. The lowest BCUT2D eigenvalue weighted by atomic mass is 10.2. The van der Waals surface area contributed by atoms with Crippen LogP contribution in [0.1, 0.15) is 30.9 Å². The van der Waals surface area contributed by atoms with Crippen LogP contribution >= 0.6 is 23.2 Å². The van der Waals surface area contributed by atoms with Gasteiger partial charge >= 0.3 is 0 Å². The first-order valence-corrected chi connectivity index (χ1v) is 12.4. The van der Waals surface area contributed by atoms with Gasteiger partial charge in [-0.2, -0.15) is 5.10 Å². The van der Waals surface area contributed by atoms with E-state index in [1.807, 2.05) is 61.5 Å². The van der Waals surface area contributed by atoms with Crippen molar-refractivity contribution in [3.8, 4) is 5.75 Å². The summed E-state index contributed by atoms with van der Waals surface area (Å²) in [6.07, 6.45) is 6.21. The van der Waals surface area contributed by atoms with E-state index in [1.165, 1.54) is 12.8 Å². The summed E-state index contributed by atoms with van der Waals surface area (Å²) in [6, 6.07) is 13.4. The Morgan fingerprint density at radius 2 is 1.91 bits per heavy atom. The van der Waals surface area contributed by atoms with E-state index in [0.717, 1.165) is 30.0 Å². The predicted molar refractivity (Wildman–Crippen MR) is 137 cm³/mol. The summed E-state index contributed by atoms with van der Waals surface area (Å²) in [6.45, 7) is 5.49. The minimum absolute atomic E-state index is 0.0232. The van der Waals surface area contributed by atoms with Crippen LogP contribution in [0.3, 0.4) is 0 Å². The highest BCUT2D eigenvalue weighted by Gasteiger charge is 2.26. The van der Waals surface area contributed by atoms with Crippen LogP contribution in [0.5, 0.6) is 5.75 Å². The molecule has 2 aliphatic rings. The third-order valence-electron chi connectivity index (χ3n) is 5.87. The molecule has 1 aliphatic heterocycles. The largest absolute Gasteiger partial charge is 0.493 e. The summed E-state index contributed by atoms with van der Waals surface area (Å²) >= 11 is 12.2. The van der Waals surface area contributed by atoms with Crippen molar-refractivity contribution in [2.45, 2.75) is 32.9 Å². The van der Waals surface area contributed by atoms with Crippen molar-refractivity contribution < 1.29 is 9.53 Å². The van der Waals surface area contributed by atoms with Crippen LogP contribution in [-0.4, -0.2) is 47.8 Å². The number of amidine groups is 1. The smallest absolute Gasteiger partial charge is 0.242 e. The first kappa shape index (κ1) is 24.6. The Morgan fingerprint density at radius 1 is 1.15 bits per heavy atom. The summed E-state index contributed by atoms with van der Waals surface area (Å²) in [5.74, 6) is 2.11. The molecule has 2 aromatic rings. The highest BCUT2D eigenvalue weighted by Crippen LogP contribution is 2.31. The molecule has 4 rings (SSSR count). The van der Waals surface area contributed by atoms with Crippen molar-refractivity contribution in [3.63, 3.8) is 0 Å². The summed E-state index contributed by atoms with van der Waals surface area (Å²) in [5, 5.41) is 5.90. The Balaban J connectivity index is 1.36. The highest BCUT2D eigenvalue weighted by molar-refractivity contribution is 6.30. The van der Waals surface area contributed by atoms with Crippen LogP contribution in [0.15, 0.2) is 59.7 Å². The number of carbonyl (C=O) groups excluding carboxylic acids is 1. The number of hydrogen-bond acceptors (Lipinski definition) is 5. The van der Waals surface area contributed by atoms with Crippen LogP contribution in [0.25, 0.3) is 0 Å². The fourth-order valence-corrected chi connectivity index (χ4v) is 4.13. The van der Waals surface area contributed by atoms with Crippen LogP contribution in [0, 0.1) is 5.92 Å². The molecule has 0 spiro atoms. The second kappa shape index (κ2) is 11.7. The van der Waals surface area contributed by atoms with Gasteiger partial charge in [0.1, 0.15) is 5.75 Å². The zero-order valence-corrected chi connectivity index (χ0v) is 20.9. The SMILES string of the molecule is C/C=C/C(=N\NCc1cc(Cl)ccc1OCC1CC1)N1CCN(Cc2ccc(Cl)cc2)CC1=O. The molecule has 34 heavy (non-hydrogen) atoms. The number of rotatable bonds is 9. The fourth-order valence-electron chi connectivity index (χ4n) is 3.81. The molecule has 0 bridgehead atoms. The van der Waals surface area contributed by atoms with E-state index < -0.39 is 0 Å². The van der Waals surface area contributed by atoms with Gasteiger partial charge < -0.3 is 10.2 Å². The molecule has 0 aromatic heterocycles. The van der Waals surface area contributed by atoms with Crippen molar-refractivity contribution in [2.75, 3.05) is 26.2 Å². The zero-order chi connectivity index (χ0) is 23.9. The van der Waals surface area contributed by atoms with Gasteiger partial charge in [-0.3, -0.25) is 14.6 Å². The molecular weight excluding hydrogens is 471 g/mol. The van der Waals surface area contributed by atoms with Gasteiger partial charge in [0.2, 0.25) is 5.91 Å².